The summed E-state index contributed by atoms with van der Waals surface area (Å²) < 4.78 is 5.31. The number of non-ortho nitro benzene ring substituents is 1. The molecule has 28 heavy (non-hydrogen) atoms. The van der Waals surface area contributed by atoms with E-state index in [4.69, 9.17) is 4.74 Å². The molecule has 1 aliphatic rings. The third kappa shape index (κ3) is 4.67. The maximum Gasteiger partial charge on any atom is 0.338 e. The number of nitrogens with one attached hydrogen (secondary N) is 2. The lowest BCUT2D eigenvalue weighted by Crippen LogP contribution is -2.22. The van der Waals surface area contributed by atoms with Crippen molar-refractivity contribution in [3.63, 3.8) is 0 Å². The van der Waals surface area contributed by atoms with Crippen molar-refractivity contribution in [2.75, 3.05) is 23.0 Å². The molecule has 0 atom stereocenters. The average Bonchev–Trinajstić information content (AvgIpc) is 2.66. The van der Waals surface area contributed by atoms with Gasteiger partial charge in [-0.3, -0.25) is 19.7 Å². The van der Waals surface area contributed by atoms with Crippen LogP contribution < -0.4 is 10.6 Å². The highest BCUT2D eigenvalue weighted by atomic mass is 79.9. The van der Waals surface area contributed by atoms with Crippen molar-refractivity contribution in [3.8, 4) is 0 Å². The number of carbonyl (C=O) groups is 3. The number of amides is 2. The molecule has 2 amide bonds. The first-order valence-corrected chi connectivity index (χ1v) is 9.59. The van der Waals surface area contributed by atoms with E-state index in [9.17, 15) is 24.5 Å². The molecule has 0 bridgehead atoms. The SMILES string of the molecule is O=C(COC(=O)c1ccc2c(c1)NC(=O)CS2)Nc1ccc([N+](=O)[O-])cc1Br. The van der Waals surface area contributed by atoms with E-state index >= 15 is 0 Å². The number of nitro groups is 1. The Bertz CT molecular complexity index is 997. The van der Waals surface area contributed by atoms with E-state index in [1.165, 1.54) is 36.0 Å². The van der Waals surface area contributed by atoms with Crippen molar-refractivity contribution < 1.29 is 24.0 Å². The molecule has 2 aromatic carbocycles. The third-order valence-corrected chi connectivity index (χ3v) is 5.35. The number of carbonyl (C=O) groups excluding carboxylic acids is 3. The standard InChI is InChI=1S/C17H12BrN3O6S/c18-11-6-10(21(25)26)2-3-12(11)19-15(22)7-27-17(24)9-1-4-14-13(5-9)20-16(23)8-28-14/h1-6H,7-8H2,(H,19,22)(H,20,23). The molecule has 144 valence electrons. The van der Waals surface area contributed by atoms with Crippen LogP contribution in [0.3, 0.4) is 0 Å². The first-order valence-electron chi connectivity index (χ1n) is 7.81. The van der Waals surface area contributed by atoms with Gasteiger partial charge in [0.25, 0.3) is 11.6 Å². The highest BCUT2D eigenvalue weighted by Crippen LogP contribution is 2.32. The number of hydrogen-bond donors (Lipinski definition) is 2. The van der Waals surface area contributed by atoms with Crippen LogP contribution in [0.4, 0.5) is 17.1 Å². The van der Waals surface area contributed by atoms with Crippen molar-refractivity contribution >= 4 is 62.5 Å². The summed E-state index contributed by atoms with van der Waals surface area (Å²) in [5.41, 5.74) is 0.898. The number of nitrogens with zero attached hydrogens (tertiary/aromatic N) is 1. The van der Waals surface area contributed by atoms with Crippen LogP contribution in [-0.4, -0.2) is 35.1 Å². The molecule has 0 aliphatic carbocycles. The van der Waals surface area contributed by atoms with Crippen molar-refractivity contribution in [2.45, 2.75) is 4.90 Å². The largest absolute Gasteiger partial charge is 0.452 e. The zero-order valence-corrected chi connectivity index (χ0v) is 16.5. The molecule has 0 spiro atoms. The molecule has 2 N–H and O–H groups in total. The lowest BCUT2D eigenvalue weighted by atomic mass is 10.2. The molecule has 0 saturated carbocycles. The van der Waals surface area contributed by atoms with Gasteiger partial charge in [0.2, 0.25) is 5.91 Å². The molecule has 11 heteroatoms. The lowest BCUT2D eigenvalue weighted by Gasteiger charge is -2.16. The second-order valence-corrected chi connectivity index (χ2v) is 7.46. The Balaban J connectivity index is 1.59. The Morgan fingerprint density at radius 2 is 2.07 bits per heavy atom. The Morgan fingerprint density at radius 3 is 2.79 bits per heavy atom. The van der Waals surface area contributed by atoms with Gasteiger partial charge in [0.15, 0.2) is 6.61 Å². The predicted octanol–water partition coefficient (Wildman–Crippen LogP) is 3.20. The van der Waals surface area contributed by atoms with Crippen molar-refractivity contribution in [1.29, 1.82) is 0 Å². The maximum absolute atomic E-state index is 12.1. The number of thioether (sulfide) groups is 1. The van der Waals surface area contributed by atoms with Gasteiger partial charge >= 0.3 is 5.97 Å². The van der Waals surface area contributed by atoms with Gasteiger partial charge in [-0.05, 0) is 40.2 Å². The number of esters is 1. The van der Waals surface area contributed by atoms with Gasteiger partial charge in [0.1, 0.15) is 0 Å². The number of fused-ring (bicyclic) bond motifs is 1. The lowest BCUT2D eigenvalue weighted by molar-refractivity contribution is -0.384. The summed E-state index contributed by atoms with van der Waals surface area (Å²) in [6.45, 7) is -0.541. The van der Waals surface area contributed by atoms with Crippen LogP contribution in [0.25, 0.3) is 0 Å². The number of nitro benzene ring substituents is 1. The molecular weight excluding hydrogens is 454 g/mol. The predicted molar refractivity (Wildman–Crippen MR) is 106 cm³/mol. The van der Waals surface area contributed by atoms with Gasteiger partial charge in [-0.15, -0.1) is 11.8 Å². The number of ether oxygens (including phenoxy) is 1. The molecule has 0 unspecified atom stereocenters. The monoisotopic (exact) mass is 465 g/mol. The zero-order chi connectivity index (χ0) is 20.3. The van der Waals surface area contributed by atoms with Gasteiger partial charge in [0, 0.05) is 21.5 Å². The minimum absolute atomic E-state index is 0.131. The van der Waals surface area contributed by atoms with Crippen molar-refractivity contribution in [2.24, 2.45) is 0 Å². The zero-order valence-electron chi connectivity index (χ0n) is 14.1. The minimum Gasteiger partial charge on any atom is -0.452 e. The fourth-order valence-corrected chi connectivity index (χ4v) is 3.58. The summed E-state index contributed by atoms with van der Waals surface area (Å²) in [5, 5.41) is 15.9. The van der Waals surface area contributed by atoms with E-state index in [0.29, 0.717) is 21.6 Å². The van der Waals surface area contributed by atoms with Crippen molar-refractivity contribution in [1.82, 2.24) is 0 Å². The number of halogens is 1. The van der Waals surface area contributed by atoms with Crippen LogP contribution in [0, 0.1) is 10.1 Å². The number of rotatable bonds is 5. The van der Waals surface area contributed by atoms with E-state index in [1.807, 2.05) is 0 Å². The summed E-state index contributed by atoms with van der Waals surface area (Å²) in [7, 11) is 0. The number of anilines is 2. The second-order valence-electron chi connectivity index (χ2n) is 5.59. The molecule has 1 aliphatic heterocycles. The summed E-state index contributed by atoms with van der Waals surface area (Å²) >= 11 is 4.50. The fraction of sp³-hybridized carbons (Fsp3) is 0.118. The maximum atomic E-state index is 12.1. The molecule has 0 saturated heterocycles. The van der Waals surface area contributed by atoms with Gasteiger partial charge in [-0.1, -0.05) is 0 Å². The first kappa shape index (κ1) is 19.8. The Kier molecular flexibility index (Phi) is 5.95. The second kappa shape index (κ2) is 8.40. The molecule has 0 radical (unpaired) electrons. The Morgan fingerprint density at radius 1 is 1.29 bits per heavy atom. The smallest absolute Gasteiger partial charge is 0.338 e. The Hall–Kier alpha value is -2.92. The summed E-state index contributed by atoms with van der Waals surface area (Å²) in [5.74, 6) is -1.17. The van der Waals surface area contributed by atoms with Crippen LogP contribution in [0.2, 0.25) is 0 Å². The molecule has 9 nitrogen and oxygen atoms in total. The average molecular weight is 466 g/mol. The van der Waals surface area contributed by atoms with E-state index in [1.54, 1.807) is 12.1 Å². The topological polar surface area (TPSA) is 128 Å². The molecule has 2 aromatic rings. The molecular formula is C17H12BrN3O6S. The highest BCUT2D eigenvalue weighted by molar-refractivity contribution is 9.10. The molecule has 1 heterocycles. The quantitative estimate of drug-likeness (QED) is 0.394. The fourth-order valence-electron chi connectivity index (χ4n) is 2.33. The van der Waals surface area contributed by atoms with Crippen LogP contribution in [0.5, 0.6) is 0 Å². The van der Waals surface area contributed by atoms with Gasteiger partial charge in [-0.25, -0.2) is 4.79 Å². The number of benzene rings is 2. The molecule has 0 aromatic heterocycles. The summed E-state index contributed by atoms with van der Waals surface area (Å²) in [6.07, 6.45) is 0. The van der Waals surface area contributed by atoms with Gasteiger partial charge < -0.3 is 15.4 Å². The normalized spacial score (nSPS) is 12.5. The van der Waals surface area contributed by atoms with Crippen molar-refractivity contribution in [3.05, 3.63) is 56.5 Å². The van der Waals surface area contributed by atoms with E-state index in [2.05, 4.69) is 26.6 Å². The summed E-state index contributed by atoms with van der Waals surface area (Å²) in [6, 6.07) is 8.60. The van der Waals surface area contributed by atoms with Crippen LogP contribution >= 0.6 is 27.7 Å². The van der Waals surface area contributed by atoms with E-state index in [0.717, 1.165) is 4.90 Å². The van der Waals surface area contributed by atoms with Gasteiger partial charge in [-0.2, -0.15) is 0 Å². The Labute approximate surface area is 171 Å². The molecule has 3 rings (SSSR count). The van der Waals surface area contributed by atoms with E-state index in [-0.39, 0.29) is 17.2 Å². The van der Waals surface area contributed by atoms with Crippen LogP contribution in [-0.2, 0) is 14.3 Å². The third-order valence-electron chi connectivity index (χ3n) is 3.62. The number of hydrogen-bond acceptors (Lipinski definition) is 7. The summed E-state index contributed by atoms with van der Waals surface area (Å²) in [4.78, 5) is 46.6. The molecule has 0 fully saturated rings. The highest BCUT2D eigenvalue weighted by Gasteiger charge is 2.19. The van der Waals surface area contributed by atoms with Crippen LogP contribution in [0.1, 0.15) is 10.4 Å². The van der Waals surface area contributed by atoms with Gasteiger partial charge in [0.05, 0.1) is 27.6 Å². The minimum atomic E-state index is -0.717. The first-order chi connectivity index (χ1) is 13.3. The van der Waals surface area contributed by atoms with E-state index < -0.39 is 23.4 Å². The van der Waals surface area contributed by atoms with Crippen LogP contribution in [0.15, 0.2) is 45.8 Å².